The summed E-state index contributed by atoms with van der Waals surface area (Å²) in [6.07, 6.45) is 2.99. The third-order valence-corrected chi connectivity index (χ3v) is 6.45. The smallest absolute Gasteiger partial charge is 0.322 e. The van der Waals surface area contributed by atoms with Crippen LogP contribution in [-0.2, 0) is 15.1 Å². The first-order valence-corrected chi connectivity index (χ1v) is 10.9. The SMILES string of the molecule is C[C@]1(c2ccc(C(=O)N3CCCN(CC(=O)N4CCCC4)CC3)cc2)NC(=O)NC1=O. The Hall–Kier alpha value is -2.94. The van der Waals surface area contributed by atoms with Crippen LogP contribution in [0.4, 0.5) is 4.79 Å². The molecule has 0 radical (unpaired) electrons. The Balaban J connectivity index is 1.35. The predicted octanol–water partition coefficient (Wildman–Crippen LogP) is 0.512. The summed E-state index contributed by atoms with van der Waals surface area (Å²) in [5.41, 5.74) is 0.0254. The summed E-state index contributed by atoms with van der Waals surface area (Å²) < 4.78 is 0. The van der Waals surface area contributed by atoms with Gasteiger partial charge >= 0.3 is 6.03 Å². The lowest BCUT2D eigenvalue weighted by molar-refractivity contribution is -0.131. The maximum Gasteiger partial charge on any atom is 0.322 e. The zero-order valence-electron chi connectivity index (χ0n) is 17.9. The van der Waals surface area contributed by atoms with Crippen molar-refractivity contribution in [2.75, 3.05) is 45.8 Å². The standard InChI is InChI=1S/C22H29N5O4/c1-22(20(30)23-21(31)24-22)17-7-5-16(6-8-17)19(29)27-12-4-9-25(13-14-27)15-18(28)26-10-2-3-11-26/h5-8H,2-4,9-15H2,1H3,(H2,23,24,30,31)/t22-/m1/s1. The predicted molar refractivity (Wildman–Crippen MR) is 113 cm³/mol. The van der Waals surface area contributed by atoms with Crippen LogP contribution in [0.2, 0.25) is 0 Å². The maximum absolute atomic E-state index is 13.0. The van der Waals surface area contributed by atoms with E-state index >= 15 is 0 Å². The number of hydrogen-bond donors (Lipinski definition) is 2. The highest BCUT2D eigenvalue weighted by molar-refractivity contribution is 6.07. The summed E-state index contributed by atoms with van der Waals surface area (Å²) in [4.78, 5) is 54.9. The molecule has 0 aromatic heterocycles. The molecule has 0 saturated carbocycles. The van der Waals surface area contributed by atoms with Crippen LogP contribution in [-0.4, -0.2) is 84.3 Å². The van der Waals surface area contributed by atoms with E-state index in [0.29, 0.717) is 37.3 Å². The van der Waals surface area contributed by atoms with E-state index in [-0.39, 0.29) is 11.8 Å². The topological polar surface area (TPSA) is 102 Å². The molecule has 166 valence electrons. The molecule has 1 aromatic rings. The minimum atomic E-state index is -1.14. The monoisotopic (exact) mass is 427 g/mol. The summed E-state index contributed by atoms with van der Waals surface area (Å²) >= 11 is 0. The summed E-state index contributed by atoms with van der Waals surface area (Å²) in [5, 5.41) is 4.87. The highest BCUT2D eigenvalue weighted by Gasteiger charge is 2.43. The van der Waals surface area contributed by atoms with Gasteiger partial charge in [0.05, 0.1) is 6.54 Å². The average Bonchev–Trinajstić information content (AvgIpc) is 3.31. The first kappa shape index (κ1) is 21.3. The minimum absolute atomic E-state index is 0.0654. The maximum atomic E-state index is 13.0. The molecule has 3 aliphatic rings. The lowest BCUT2D eigenvalue weighted by atomic mass is 9.91. The minimum Gasteiger partial charge on any atom is -0.342 e. The van der Waals surface area contributed by atoms with Gasteiger partial charge in [0, 0.05) is 44.8 Å². The second-order valence-electron chi connectivity index (χ2n) is 8.62. The van der Waals surface area contributed by atoms with Gasteiger partial charge in [0.25, 0.3) is 11.8 Å². The number of nitrogens with one attached hydrogen (secondary N) is 2. The van der Waals surface area contributed by atoms with E-state index in [1.807, 2.05) is 9.80 Å². The van der Waals surface area contributed by atoms with Gasteiger partial charge < -0.3 is 15.1 Å². The highest BCUT2D eigenvalue weighted by Crippen LogP contribution is 2.25. The Kier molecular flexibility index (Phi) is 5.95. The van der Waals surface area contributed by atoms with Crippen LogP contribution in [0.15, 0.2) is 24.3 Å². The Bertz CT molecular complexity index is 880. The van der Waals surface area contributed by atoms with Gasteiger partial charge in [-0.25, -0.2) is 4.79 Å². The number of carbonyl (C=O) groups is 4. The number of hydrogen-bond acceptors (Lipinski definition) is 5. The molecular weight excluding hydrogens is 398 g/mol. The van der Waals surface area contributed by atoms with Gasteiger partial charge in [-0.1, -0.05) is 12.1 Å². The third kappa shape index (κ3) is 4.41. The van der Waals surface area contributed by atoms with Crippen LogP contribution in [0.3, 0.4) is 0 Å². The van der Waals surface area contributed by atoms with Crippen LogP contribution >= 0.6 is 0 Å². The number of nitrogens with zero attached hydrogens (tertiary/aromatic N) is 3. The zero-order valence-corrected chi connectivity index (χ0v) is 17.9. The van der Waals surface area contributed by atoms with E-state index in [0.717, 1.165) is 38.9 Å². The molecule has 3 fully saturated rings. The fourth-order valence-electron chi connectivity index (χ4n) is 4.47. The highest BCUT2D eigenvalue weighted by atomic mass is 16.2. The fraction of sp³-hybridized carbons (Fsp3) is 0.545. The molecule has 9 heteroatoms. The molecule has 0 bridgehead atoms. The van der Waals surface area contributed by atoms with Crippen molar-refractivity contribution in [3.8, 4) is 0 Å². The van der Waals surface area contributed by atoms with Crippen molar-refractivity contribution in [2.45, 2.75) is 31.7 Å². The largest absolute Gasteiger partial charge is 0.342 e. The van der Waals surface area contributed by atoms with Gasteiger partial charge in [-0.15, -0.1) is 0 Å². The van der Waals surface area contributed by atoms with Gasteiger partial charge in [0.1, 0.15) is 5.54 Å². The van der Waals surface area contributed by atoms with E-state index in [1.165, 1.54) is 0 Å². The number of rotatable bonds is 4. The van der Waals surface area contributed by atoms with E-state index in [1.54, 1.807) is 31.2 Å². The number of benzene rings is 1. The van der Waals surface area contributed by atoms with E-state index in [2.05, 4.69) is 15.5 Å². The Morgan fingerprint density at radius 2 is 1.58 bits per heavy atom. The molecular formula is C22H29N5O4. The van der Waals surface area contributed by atoms with Crippen molar-refractivity contribution in [1.29, 1.82) is 0 Å². The Morgan fingerprint density at radius 3 is 2.23 bits per heavy atom. The molecule has 0 spiro atoms. The normalized spacial score (nSPS) is 24.7. The molecule has 1 aromatic carbocycles. The summed E-state index contributed by atoms with van der Waals surface area (Å²) in [6, 6.07) is 6.28. The van der Waals surface area contributed by atoms with E-state index in [4.69, 9.17) is 0 Å². The molecule has 3 heterocycles. The number of imide groups is 1. The molecule has 2 N–H and O–H groups in total. The molecule has 1 atom stereocenters. The van der Waals surface area contributed by atoms with Crippen molar-refractivity contribution in [3.05, 3.63) is 35.4 Å². The molecule has 0 aliphatic carbocycles. The van der Waals surface area contributed by atoms with Crippen molar-refractivity contribution >= 4 is 23.8 Å². The Morgan fingerprint density at radius 1 is 0.903 bits per heavy atom. The second-order valence-corrected chi connectivity index (χ2v) is 8.62. The van der Waals surface area contributed by atoms with Crippen molar-refractivity contribution in [1.82, 2.24) is 25.3 Å². The first-order valence-electron chi connectivity index (χ1n) is 10.9. The number of urea groups is 1. The summed E-state index contributed by atoms with van der Waals surface area (Å²) in [6.45, 7) is 6.47. The number of carbonyl (C=O) groups excluding carboxylic acids is 4. The van der Waals surface area contributed by atoms with E-state index < -0.39 is 17.5 Å². The third-order valence-electron chi connectivity index (χ3n) is 6.45. The van der Waals surface area contributed by atoms with Crippen molar-refractivity contribution in [2.24, 2.45) is 0 Å². The van der Waals surface area contributed by atoms with E-state index in [9.17, 15) is 19.2 Å². The van der Waals surface area contributed by atoms with Crippen molar-refractivity contribution in [3.63, 3.8) is 0 Å². The summed E-state index contributed by atoms with van der Waals surface area (Å²) in [7, 11) is 0. The van der Waals surface area contributed by atoms with Gasteiger partial charge in [-0.3, -0.25) is 24.6 Å². The number of likely N-dealkylation sites (tertiary alicyclic amines) is 1. The lowest BCUT2D eigenvalue weighted by Crippen LogP contribution is -2.41. The van der Waals surface area contributed by atoms with Crippen LogP contribution in [0.1, 0.15) is 42.1 Å². The van der Waals surface area contributed by atoms with Crippen LogP contribution in [0.25, 0.3) is 0 Å². The van der Waals surface area contributed by atoms with Gasteiger partial charge in [-0.2, -0.15) is 0 Å². The van der Waals surface area contributed by atoms with Crippen LogP contribution < -0.4 is 10.6 Å². The second kappa shape index (κ2) is 8.66. The molecule has 3 aliphatic heterocycles. The van der Waals surface area contributed by atoms with Crippen LogP contribution in [0, 0.1) is 0 Å². The first-order chi connectivity index (χ1) is 14.9. The summed E-state index contributed by atoms with van der Waals surface area (Å²) in [5.74, 6) is -0.290. The van der Waals surface area contributed by atoms with Crippen LogP contribution in [0.5, 0.6) is 0 Å². The van der Waals surface area contributed by atoms with Gasteiger partial charge in [-0.05, 0) is 43.9 Å². The molecule has 4 rings (SSSR count). The van der Waals surface area contributed by atoms with Gasteiger partial charge in [0.15, 0.2) is 0 Å². The lowest BCUT2D eigenvalue weighted by Gasteiger charge is -2.24. The molecule has 31 heavy (non-hydrogen) atoms. The Labute approximate surface area is 181 Å². The average molecular weight is 428 g/mol. The molecule has 3 saturated heterocycles. The van der Waals surface area contributed by atoms with Gasteiger partial charge in [0.2, 0.25) is 5.91 Å². The fourth-order valence-corrected chi connectivity index (χ4v) is 4.47. The molecule has 0 unspecified atom stereocenters. The van der Waals surface area contributed by atoms with Crippen molar-refractivity contribution < 1.29 is 19.2 Å². The zero-order chi connectivity index (χ0) is 22.0. The quantitative estimate of drug-likeness (QED) is 0.682. The number of amides is 5. The molecule has 5 amide bonds. The molecule has 9 nitrogen and oxygen atoms in total.